The normalized spacial score (nSPS) is 26.7. The average Bonchev–Trinajstić information content (AvgIpc) is 3.52. The Morgan fingerprint density at radius 1 is 0.694 bits per heavy atom. The molecule has 2 N–H and O–H groups in total. The number of amides is 1. The number of ether oxygens (including phenoxy) is 8. The summed E-state index contributed by atoms with van der Waals surface area (Å²) in [5.41, 5.74) is -0.824. The maximum Gasteiger partial charge on any atom is 0.306 e. The van der Waals surface area contributed by atoms with Crippen molar-refractivity contribution in [3.8, 4) is 0 Å². The summed E-state index contributed by atoms with van der Waals surface area (Å²) in [6.45, 7) is 25.9. The van der Waals surface area contributed by atoms with Gasteiger partial charge in [0.25, 0.3) is 0 Å². The molecule has 1 amide bonds. The highest BCUT2D eigenvalue weighted by molar-refractivity contribution is 5.75. The molecule has 3 aliphatic heterocycles. The Morgan fingerprint density at radius 2 is 1.16 bits per heavy atom. The van der Waals surface area contributed by atoms with Crippen LogP contribution in [0.3, 0.4) is 0 Å². The van der Waals surface area contributed by atoms with E-state index in [4.69, 9.17) is 43.0 Å². The molecule has 0 aromatic carbocycles. The highest BCUT2D eigenvalue weighted by atomic mass is 16.7. The first-order chi connectivity index (χ1) is 28.9. The Morgan fingerprint density at radius 3 is 1.63 bits per heavy atom. The van der Waals surface area contributed by atoms with E-state index < -0.39 is 36.3 Å². The number of hydrogen-bond donors (Lipinski definition) is 2. The molecule has 0 radical (unpaired) electrons. The number of aliphatic imine (C=N–C) groups is 1. The number of hydrogen-bond acceptors (Lipinski definition) is 15. The van der Waals surface area contributed by atoms with Gasteiger partial charge in [0.05, 0.1) is 12.2 Å². The van der Waals surface area contributed by atoms with E-state index in [0.717, 1.165) is 64.2 Å². The zero-order chi connectivity index (χ0) is 47.2. The lowest BCUT2D eigenvalue weighted by atomic mass is 9.87. The predicted octanol–water partition coefficient (Wildman–Crippen LogP) is 7.28. The maximum atomic E-state index is 11.7. The van der Waals surface area contributed by atoms with Crippen LogP contribution in [-0.2, 0) is 61.9 Å². The third-order valence-electron chi connectivity index (χ3n) is 10.2. The van der Waals surface area contributed by atoms with E-state index in [9.17, 15) is 24.0 Å². The molecule has 2 fully saturated rings. The van der Waals surface area contributed by atoms with Crippen LogP contribution < -0.4 is 5.32 Å². The molecular weight excluding hydrogens is 805 g/mol. The number of aliphatic hydroxyl groups is 1. The summed E-state index contributed by atoms with van der Waals surface area (Å²) in [7, 11) is 0. The van der Waals surface area contributed by atoms with Gasteiger partial charge in [-0.05, 0) is 80.1 Å². The van der Waals surface area contributed by atoms with Gasteiger partial charge >= 0.3 is 23.9 Å². The van der Waals surface area contributed by atoms with Crippen molar-refractivity contribution in [2.45, 2.75) is 234 Å². The van der Waals surface area contributed by atoms with Crippen LogP contribution in [0.5, 0.6) is 0 Å². The van der Waals surface area contributed by atoms with Gasteiger partial charge in [-0.3, -0.25) is 24.0 Å². The molecule has 0 aromatic rings. The van der Waals surface area contributed by atoms with Gasteiger partial charge in [-0.2, -0.15) is 0 Å². The number of rotatable bonds is 19. The summed E-state index contributed by atoms with van der Waals surface area (Å²) in [5, 5.41) is 11.4. The predicted molar refractivity (Wildman–Crippen MR) is 234 cm³/mol. The molecule has 16 heteroatoms. The second-order valence-electron chi connectivity index (χ2n) is 18.3. The van der Waals surface area contributed by atoms with Crippen LogP contribution in [0.2, 0.25) is 0 Å². The van der Waals surface area contributed by atoms with E-state index in [-0.39, 0.29) is 72.2 Å². The van der Waals surface area contributed by atoms with Crippen molar-refractivity contribution in [1.29, 1.82) is 0 Å². The number of unbranched alkanes of at least 4 members (excludes halogenated alkanes) is 6. The summed E-state index contributed by atoms with van der Waals surface area (Å²) in [6, 6.07) is -0.789. The lowest BCUT2D eigenvalue weighted by molar-refractivity contribution is -0.253. The Bertz CT molecular complexity index is 1390. The highest BCUT2D eigenvalue weighted by Crippen LogP contribution is 2.35. The van der Waals surface area contributed by atoms with Crippen LogP contribution in [0.4, 0.5) is 0 Å². The Labute approximate surface area is 371 Å². The minimum atomic E-state index is -0.684. The fourth-order valence-electron chi connectivity index (χ4n) is 7.42. The van der Waals surface area contributed by atoms with E-state index in [2.05, 4.69) is 17.2 Å². The fraction of sp³-hybridized carbons (Fsp3) is 0.870. The second kappa shape index (κ2) is 28.5. The first-order valence-corrected chi connectivity index (χ1v) is 22.7. The van der Waals surface area contributed by atoms with Gasteiger partial charge in [-0.25, -0.2) is 4.99 Å². The monoisotopic (exact) mass is 887 g/mol. The Hall–Kier alpha value is -3.34. The summed E-state index contributed by atoms with van der Waals surface area (Å²) in [5.74, 6) is -0.549. The second-order valence-corrected chi connectivity index (χ2v) is 18.3. The summed E-state index contributed by atoms with van der Waals surface area (Å²) >= 11 is 0. The first-order valence-electron chi connectivity index (χ1n) is 22.7. The van der Waals surface area contributed by atoms with Gasteiger partial charge in [0.1, 0.15) is 29.5 Å². The SMILES string of the molecule is CC(C)(C)OC(=O)CCCCCCO.CC[C@H]1O[C@@H](OCCCCCCC(=O)OC(C)(C)C)[C@@H](NC(C)=O)[C@@H](OC(C)=O)[C@H]1C.CC[C@H]1O[C@@H]2OC(C)=N[C@@H]2[C@@H](OC(C)=O)[C@H]1C. The maximum absolute atomic E-state index is 11.7. The number of esters is 4. The molecule has 3 aliphatic rings. The van der Waals surface area contributed by atoms with Crippen LogP contribution in [0.1, 0.15) is 174 Å². The summed E-state index contributed by atoms with van der Waals surface area (Å²) < 4.78 is 44.8. The van der Waals surface area contributed by atoms with Crippen molar-refractivity contribution in [2.24, 2.45) is 16.8 Å². The summed E-state index contributed by atoms with van der Waals surface area (Å²) in [4.78, 5) is 61.8. The van der Waals surface area contributed by atoms with Gasteiger partial charge in [0, 0.05) is 65.6 Å². The molecule has 2 saturated heterocycles. The van der Waals surface area contributed by atoms with Crippen LogP contribution in [0, 0.1) is 11.8 Å². The number of nitrogens with zero attached hydrogens (tertiary/aromatic N) is 1. The lowest BCUT2D eigenvalue weighted by Crippen LogP contribution is -2.62. The Kier molecular flexibility index (Phi) is 26.0. The quantitative estimate of drug-likeness (QED) is 0.0744. The molecule has 62 heavy (non-hydrogen) atoms. The standard InChI is InChI=1S/C23H41NO7.C12H19NO4.C11H22O3/c1-8-18-15(2)21(29-17(4)26)20(24-16(3)25)22(30-18)28-14-12-10-9-11-13-19(27)31-23(5,6)7;1-5-9-6(2)11(16-8(4)14)10-12(17-9)15-7(3)13-10;1-11(2,3)14-10(13)8-6-4-5-7-9-12/h15,18,20-22H,8-14H2,1-7H3,(H,24,25);6,9-12H,5H2,1-4H3;12H,4-9H2,1-3H3/t15-,18+,20-,21-,22+;6-,9+,10+,11-,12-;/m00./s1. The van der Waals surface area contributed by atoms with E-state index in [1.54, 1.807) is 6.92 Å². The van der Waals surface area contributed by atoms with Crippen molar-refractivity contribution in [2.75, 3.05) is 13.2 Å². The van der Waals surface area contributed by atoms with Crippen molar-refractivity contribution < 1.29 is 67.0 Å². The zero-order valence-corrected chi connectivity index (χ0v) is 40.4. The van der Waals surface area contributed by atoms with Crippen molar-refractivity contribution in [3.63, 3.8) is 0 Å². The van der Waals surface area contributed by atoms with E-state index in [1.165, 1.54) is 20.8 Å². The van der Waals surface area contributed by atoms with Gasteiger partial charge in [0.2, 0.25) is 12.2 Å². The Balaban J connectivity index is 0.000000518. The van der Waals surface area contributed by atoms with E-state index in [1.807, 2.05) is 62.3 Å². The third-order valence-corrected chi connectivity index (χ3v) is 10.2. The number of carbonyl (C=O) groups excluding carboxylic acids is 5. The molecular formula is C46H82N2O14. The third kappa shape index (κ3) is 22.8. The fourth-order valence-corrected chi connectivity index (χ4v) is 7.42. The van der Waals surface area contributed by atoms with Crippen LogP contribution in [0.15, 0.2) is 4.99 Å². The molecule has 3 heterocycles. The first kappa shape index (κ1) is 56.7. The molecule has 0 unspecified atom stereocenters. The van der Waals surface area contributed by atoms with Gasteiger partial charge in [-0.15, -0.1) is 0 Å². The average molecular weight is 887 g/mol. The van der Waals surface area contributed by atoms with Gasteiger partial charge < -0.3 is 48.3 Å². The van der Waals surface area contributed by atoms with Gasteiger partial charge in [0.15, 0.2) is 18.2 Å². The molecule has 0 bridgehead atoms. The number of fused-ring (bicyclic) bond motifs is 1. The van der Waals surface area contributed by atoms with Crippen LogP contribution >= 0.6 is 0 Å². The molecule has 3 rings (SSSR count). The smallest absolute Gasteiger partial charge is 0.306 e. The van der Waals surface area contributed by atoms with Crippen LogP contribution in [-0.4, -0.2) is 114 Å². The molecule has 0 aromatic heterocycles. The lowest BCUT2D eigenvalue weighted by Gasteiger charge is -2.44. The molecule has 0 spiro atoms. The molecule has 0 aliphatic carbocycles. The van der Waals surface area contributed by atoms with Crippen molar-refractivity contribution in [3.05, 3.63) is 0 Å². The molecule has 10 atom stereocenters. The summed E-state index contributed by atoms with van der Waals surface area (Å²) in [6.07, 6.45) is 7.59. The van der Waals surface area contributed by atoms with Crippen LogP contribution in [0.25, 0.3) is 0 Å². The van der Waals surface area contributed by atoms with Crippen molar-refractivity contribution >= 4 is 35.7 Å². The number of carbonyl (C=O) groups is 5. The number of aliphatic hydroxyl groups excluding tert-OH is 1. The molecule has 0 saturated carbocycles. The molecule has 360 valence electrons. The number of nitrogens with one attached hydrogen (secondary N) is 1. The molecule has 16 nitrogen and oxygen atoms in total. The van der Waals surface area contributed by atoms with Crippen molar-refractivity contribution in [1.82, 2.24) is 5.32 Å². The van der Waals surface area contributed by atoms with E-state index in [0.29, 0.717) is 25.3 Å². The largest absolute Gasteiger partial charge is 0.460 e. The van der Waals surface area contributed by atoms with Gasteiger partial charge in [-0.1, -0.05) is 53.4 Å². The minimum absolute atomic E-state index is 0.0432. The minimum Gasteiger partial charge on any atom is -0.460 e. The topological polar surface area (TPSA) is 204 Å². The van der Waals surface area contributed by atoms with E-state index >= 15 is 0 Å². The highest BCUT2D eigenvalue weighted by Gasteiger charge is 2.49. The zero-order valence-electron chi connectivity index (χ0n) is 40.4.